The van der Waals surface area contributed by atoms with Crippen molar-refractivity contribution in [2.24, 2.45) is 0 Å². The van der Waals surface area contributed by atoms with Crippen molar-refractivity contribution >= 4 is 0 Å². The van der Waals surface area contributed by atoms with Gasteiger partial charge in [0.1, 0.15) is 0 Å². The highest BCUT2D eigenvalue weighted by Gasteiger charge is 2.15. The number of hydrogen-bond donors (Lipinski definition) is 1. The first-order chi connectivity index (χ1) is 6.86. The summed E-state index contributed by atoms with van der Waals surface area (Å²) in [5.74, 6) is 0. The zero-order valence-electron chi connectivity index (χ0n) is 9.72. The highest BCUT2D eigenvalue weighted by atomic mass is 16.5. The lowest BCUT2D eigenvalue weighted by atomic mass is 10.0. The summed E-state index contributed by atoms with van der Waals surface area (Å²) >= 11 is 0. The van der Waals surface area contributed by atoms with E-state index >= 15 is 0 Å². The quantitative estimate of drug-likeness (QED) is 0.735. The van der Waals surface area contributed by atoms with Crippen LogP contribution in [0.1, 0.15) is 52.4 Å². The molecule has 14 heavy (non-hydrogen) atoms. The van der Waals surface area contributed by atoms with Crippen LogP contribution in [0.15, 0.2) is 0 Å². The molecule has 1 aliphatic rings. The van der Waals surface area contributed by atoms with Crippen molar-refractivity contribution in [1.29, 1.82) is 0 Å². The zero-order chi connectivity index (χ0) is 10.2. The molecule has 0 saturated carbocycles. The van der Waals surface area contributed by atoms with Gasteiger partial charge in [-0.15, -0.1) is 0 Å². The predicted octanol–water partition coefficient (Wildman–Crippen LogP) is 2.72. The SMILES string of the molecule is CCCC(CC)NC1CCCOCC1. The van der Waals surface area contributed by atoms with Gasteiger partial charge in [0.05, 0.1) is 0 Å². The monoisotopic (exact) mass is 199 g/mol. The molecule has 0 bridgehead atoms. The topological polar surface area (TPSA) is 21.3 Å². The molecule has 0 spiro atoms. The van der Waals surface area contributed by atoms with Gasteiger partial charge in [0, 0.05) is 25.3 Å². The van der Waals surface area contributed by atoms with Gasteiger partial charge in [0.25, 0.3) is 0 Å². The minimum Gasteiger partial charge on any atom is -0.381 e. The lowest BCUT2D eigenvalue weighted by molar-refractivity contribution is 0.142. The third-order valence-electron chi connectivity index (χ3n) is 3.05. The summed E-state index contributed by atoms with van der Waals surface area (Å²) in [5, 5.41) is 3.77. The van der Waals surface area contributed by atoms with Crippen LogP contribution in [0.4, 0.5) is 0 Å². The molecule has 1 heterocycles. The van der Waals surface area contributed by atoms with Crippen LogP contribution in [-0.2, 0) is 4.74 Å². The fraction of sp³-hybridized carbons (Fsp3) is 1.00. The van der Waals surface area contributed by atoms with Gasteiger partial charge in [-0.25, -0.2) is 0 Å². The van der Waals surface area contributed by atoms with Gasteiger partial charge in [-0.3, -0.25) is 0 Å². The van der Waals surface area contributed by atoms with Crippen LogP contribution < -0.4 is 5.32 Å². The highest BCUT2D eigenvalue weighted by molar-refractivity contribution is 4.74. The fourth-order valence-electron chi connectivity index (χ4n) is 2.16. The smallest absolute Gasteiger partial charge is 0.0480 e. The minimum absolute atomic E-state index is 0.703. The standard InChI is InChI=1S/C12H25NO/c1-3-6-11(4-2)13-12-7-5-9-14-10-8-12/h11-13H,3-10H2,1-2H3. The van der Waals surface area contributed by atoms with Crippen molar-refractivity contribution in [3.05, 3.63) is 0 Å². The molecule has 84 valence electrons. The second kappa shape index (κ2) is 7.24. The first-order valence-electron chi connectivity index (χ1n) is 6.20. The van der Waals surface area contributed by atoms with E-state index in [-0.39, 0.29) is 0 Å². The lowest BCUT2D eigenvalue weighted by Gasteiger charge is -2.23. The van der Waals surface area contributed by atoms with Crippen molar-refractivity contribution in [1.82, 2.24) is 5.32 Å². The van der Waals surface area contributed by atoms with E-state index in [2.05, 4.69) is 19.2 Å². The van der Waals surface area contributed by atoms with Crippen molar-refractivity contribution in [3.63, 3.8) is 0 Å². The van der Waals surface area contributed by atoms with Crippen LogP contribution in [0.5, 0.6) is 0 Å². The van der Waals surface area contributed by atoms with Crippen molar-refractivity contribution in [2.75, 3.05) is 13.2 Å². The van der Waals surface area contributed by atoms with Crippen molar-refractivity contribution in [3.8, 4) is 0 Å². The summed E-state index contributed by atoms with van der Waals surface area (Å²) in [4.78, 5) is 0. The Morgan fingerprint density at radius 1 is 1.29 bits per heavy atom. The van der Waals surface area contributed by atoms with E-state index < -0.39 is 0 Å². The summed E-state index contributed by atoms with van der Waals surface area (Å²) in [6.45, 7) is 6.45. The summed E-state index contributed by atoms with van der Waals surface area (Å²) in [6.07, 6.45) is 7.56. The molecular weight excluding hydrogens is 174 g/mol. The molecule has 1 fully saturated rings. The molecule has 1 rings (SSSR count). The van der Waals surface area contributed by atoms with Gasteiger partial charge in [0.2, 0.25) is 0 Å². The molecule has 2 nitrogen and oxygen atoms in total. The molecule has 1 saturated heterocycles. The Morgan fingerprint density at radius 2 is 2.14 bits per heavy atom. The second-order valence-corrected chi connectivity index (χ2v) is 4.30. The van der Waals surface area contributed by atoms with E-state index in [0.717, 1.165) is 19.3 Å². The third kappa shape index (κ3) is 4.43. The lowest BCUT2D eigenvalue weighted by Crippen LogP contribution is -2.38. The van der Waals surface area contributed by atoms with E-state index in [9.17, 15) is 0 Å². The van der Waals surface area contributed by atoms with E-state index in [0.29, 0.717) is 6.04 Å². The van der Waals surface area contributed by atoms with Crippen LogP contribution >= 0.6 is 0 Å². The Labute approximate surface area is 88.4 Å². The number of rotatable bonds is 5. The van der Waals surface area contributed by atoms with E-state index in [1.54, 1.807) is 0 Å². The largest absolute Gasteiger partial charge is 0.381 e. The van der Waals surface area contributed by atoms with Crippen LogP contribution in [-0.4, -0.2) is 25.3 Å². The summed E-state index contributed by atoms with van der Waals surface area (Å²) < 4.78 is 5.46. The van der Waals surface area contributed by atoms with Gasteiger partial charge in [0.15, 0.2) is 0 Å². The molecule has 0 aliphatic carbocycles. The Balaban J connectivity index is 2.24. The Morgan fingerprint density at radius 3 is 2.86 bits per heavy atom. The van der Waals surface area contributed by atoms with E-state index in [1.807, 2.05) is 0 Å². The van der Waals surface area contributed by atoms with Gasteiger partial charge in [-0.1, -0.05) is 20.3 Å². The number of nitrogens with one attached hydrogen (secondary N) is 1. The molecule has 0 aromatic heterocycles. The molecule has 1 N–H and O–H groups in total. The summed E-state index contributed by atoms with van der Waals surface area (Å²) in [5.41, 5.74) is 0. The maximum absolute atomic E-state index is 5.46. The normalized spacial score (nSPS) is 25.7. The van der Waals surface area contributed by atoms with Gasteiger partial charge in [-0.2, -0.15) is 0 Å². The van der Waals surface area contributed by atoms with Gasteiger partial charge >= 0.3 is 0 Å². The number of hydrogen-bond acceptors (Lipinski definition) is 2. The molecule has 0 aromatic carbocycles. The molecule has 0 amide bonds. The van der Waals surface area contributed by atoms with Crippen LogP contribution in [0.2, 0.25) is 0 Å². The van der Waals surface area contributed by atoms with Crippen LogP contribution in [0.25, 0.3) is 0 Å². The molecule has 1 aliphatic heterocycles. The molecule has 2 atom stereocenters. The van der Waals surface area contributed by atoms with Gasteiger partial charge in [-0.05, 0) is 32.1 Å². The predicted molar refractivity (Wildman–Crippen MR) is 60.6 cm³/mol. The molecular formula is C12H25NO. The van der Waals surface area contributed by atoms with E-state index in [4.69, 9.17) is 4.74 Å². The molecule has 2 unspecified atom stereocenters. The van der Waals surface area contributed by atoms with Crippen LogP contribution in [0.3, 0.4) is 0 Å². The minimum atomic E-state index is 0.703. The average molecular weight is 199 g/mol. The van der Waals surface area contributed by atoms with E-state index in [1.165, 1.54) is 38.5 Å². The van der Waals surface area contributed by atoms with Crippen molar-refractivity contribution < 1.29 is 4.74 Å². The molecule has 2 heteroatoms. The molecule has 0 radical (unpaired) electrons. The van der Waals surface area contributed by atoms with Crippen molar-refractivity contribution in [2.45, 2.75) is 64.5 Å². The Bertz CT molecular complexity index is 130. The maximum Gasteiger partial charge on any atom is 0.0480 e. The zero-order valence-corrected chi connectivity index (χ0v) is 9.72. The van der Waals surface area contributed by atoms with Gasteiger partial charge < -0.3 is 10.1 Å². The highest BCUT2D eigenvalue weighted by Crippen LogP contribution is 2.11. The molecule has 0 aromatic rings. The third-order valence-corrected chi connectivity index (χ3v) is 3.05. The fourth-order valence-corrected chi connectivity index (χ4v) is 2.16. The first kappa shape index (κ1) is 12.0. The Kier molecular flexibility index (Phi) is 6.20. The summed E-state index contributed by atoms with van der Waals surface area (Å²) in [7, 11) is 0. The number of ether oxygens (including phenoxy) is 1. The van der Waals surface area contributed by atoms with Crippen LogP contribution in [0, 0.1) is 0 Å². The Hall–Kier alpha value is -0.0800. The summed E-state index contributed by atoms with van der Waals surface area (Å²) in [6, 6.07) is 1.43. The first-order valence-corrected chi connectivity index (χ1v) is 6.20. The average Bonchev–Trinajstić information content (AvgIpc) is 2.45. The maximum atomic E-state index is 5.46. The second-order valence-electron chi connectivity index (χ2n) is 4.30.